The van der Waals surface area contributed by atoms with E-state index in [1.807, 2.05) is 0 Å². The van der Waals surface area contributed by atoms with E-state index in [0.717, 1.165) is 12.1 Å². The Balaban J connectivity index is 2.01. The van der Waals surface area contributed by atoms with Gasteiger partial charge in [-0.3, -0.25) is 10.6 Å². The maximum Gasteiger partial charge on any atom is 0.416 e. The number of thiazole rings is 1. The smallest absolute Gasteiger partial charge is 0.416 e. The minimum Gasteiger partial charge on any atom is -0.497 e. The van der Waals surface area contributed by atoms with Crippen molar-refractivity contribution < 1.29 is 17.9 Å². The number of hydrogen-bond acceptors (Lipinski definition) is 8. The molecule has 1 atom stereocenters. The van der Waals surface area contributed by atoms with Crippen molar-refractivity contribution >= 4 is 28.1 Å². The maximum absolute atomic E-state index is 13.1. The van der Waals surface area contributed by atoms with Crippen molar-refractivity contribution in [1.82, 2.24) is 4.98 Å². The Morgan fingerprint density at radius 1 is 1.29 bits per heavy atom. The number of nitrogens with two attached hydrogens (primary N) is 2. The van der Waals surface area contributed by atoms with Gasteiger partial charge in [0.15, 0.2) is 6.29 Å². The van der Waals surface area contributed by atoms with Crippen LogP contribution in [0.3, 0.4) is 0 Å². The second-order valence-electron chi connectivity index (χ2n) is 4.82. The highest BCUT2D eigenvalue weighted by atomic mass is 32.1. The van der Waals surface area contributed by atoms with Crippen LogP contribution < -0.4 is 26.1 Å². The van der Waals surface area contributed by atoms with Crippen LogP contribution in [0.4, 0.5) is 24.0 Å². The lowest BCUT2D eigenvalue weighted by Gasteiger charge is -2.27. The van der Waals surface area contributed by atoms with Gasteiger partial charge in [0.2, 0.25) is 11.1 Å². The summed E-state index contributed by atoms with van der Waals surface area (Å²) in [6.45, 7) is 0. The first-order valence-electron chi connectivity index (χ1n) is 6.65. The van der Waals surface area contributed by atoms with Crippen molar-refractivity contribution in [2.75, 3.05) is 17.0 Å². The molecule has 11 heteroatoms. The van der Waals surface area contributed by atoms with Gasteiger partial charge in [0.05, 0.1) is 18.4 Å². The summed E-state index contributed by atoms with van der Waals surface area (Å²) in [5.74, 6) is -0.00778. The average molecular weight is 358 g/mol. The first-order valence-corrected chi connectivity index (χ1v) is 7.53. The number of rotatable bonds is 3. The van der Waals surface area contributed by atoms with Crippen molar-refractivity contribution in [2.24, 2.45) is 16.6 Å². The summed E-state index contributed by atoms with van der Waals surface area (Å²) in [6, 6.07) is 3.25. The highest BCUT2D eigenvalue weighted by Gasteiger charge is 2.36. The molecule has 0 saturated heterocycles. The van der Waals surface area contributed by atoms with Crippen LogP contribution in [-0.2, 0) is 6.18 Å². The number of hydrazone groups is 1. The standard InChI is InChI=1S/C13H13F3N6OS/c1-23-9-5-7(13(14,15)16)4-8(6-9)21-10(17)20-22(11(21)18)12-19-2-3-24-12/h2-6,11H,18H2,1H3,(H2,17,20). The van der Waals surface area contributed by atoms with E-state index in [0.29, 0.717) is 5.13 Å². The molecule has 1 aromatic heterocycles. The molecular weight excluding hydrogens is 345 g/mol. The molecule has 1 aliphatic heterocycles. The number of halogens is 3. The van der Waals surface area contributed by atoms with Crippen molar-refractivity contribution in [3.8, 4) is 5.75 Å². The number of nitrogens with zero attached hydrogens (tertiary/aromatic N) is 4. The SMILES string of the molecule is COc1cc(N2C(N)=NN(c3nccs3)C2N)cc(C(F)(F)F)c1. The zero-order valence-electron chi connectivity index (χ0n) is 12.4. The molecule has 0 amide bonds. The number of aromatic nitrogens is 1. The van der Waals surface area contributed by atoms with Gasteiger partial charge < -0.3 is 10.5 Å². The maximum atomic E-state index is 13.1. The lowest BCUT2D eigenvalue weighted by Crippen LogP contribution is -2.50. The van der Waals surface area contributed by atoms with E-state index in [4.69, 9.17) is 16.2 Å². The Morgan fingerprint density at radius 2 is 2.04 bits per heavy atom. The molecule has 3 rings (SSSR count). The van der Waals surface area contributed by atoms with Crippen LogP contribution in [-0.4, -0.2) is 24.3 Å². The van der Waals surface area contributed by atoms with E-state index in [1.165, 1.54) is 34.4 Å². The van der Waals surface area contributed by atoms with Gasteiger partial charge in [-0.25, -0.2) is 4.98 Å². The summed E-state index contributed by atoms with van der Waals surface area (Å²) in [6.07, 6.45) is -3.90. The molecule has 1 aromatic carbocycles. The van der Waals surface area contributed by atoms with Crippen LogP contribution in [0.5, 0.6) is 5.75 Å². The Hall–Kier alpha value is -2.53. The Labute approximate surface area is 138 Å². The molecule has 0 fully saturated rings. The number of benzene rings is 1. The van der Waals surface area contributed by atoms with E-state index >= 15 is 0 Å². The molecule has 0 spiro atoms. The van der Waals surface area contributed by atoms with Gasteiger partial charge in [-0.05, 0) is 12.1 Å². The van der Waals surface area contributed by atoms with Gasteiger partial charge in [-0.2, -0.15) is 18.2 Å². The summed E-state index contributed by atoms with van der Waals surface area (Å²) >= 11 is 1.28. The topological polar surface area (TPSA) is 93.0 Å². The van der Waals surface area contributed by atoms with Crippen LogP contribution in [0.2, 0.25) is 0 Å². The van der Waals surface area contributed by atoms with Crippen molar-refractivity contribution in [3.63, 3.8) is 0 Å². The minimum atomic E-state index is -4.53. The molecule has 2 heterocycles. The predicted octanol–water partition coefficient (Wildman–Crippen LogP) is 1.97. The first-order chi connectivity index (χ1) is 11.3. The van der Waals surface area contributed by atoms with Gasteiger partial charge >= 0.3 is 6.18 Å². The van der Waals surface area contributed by atoms with Gasteiger partial charge in [-0.15, -0.1) is 16.4 Å². The van der Waals surface area contributed by atoms with E-state index in [-0.39, 0.29) is 17.4 Å². The van der Waals surface area contributed by atoms with E-state index in [2.05, 4.69) is 10.1 Å². The zero-order chi connectivity index (χ0) is 17.5. The van der Waals surface area contributed by atoms with Gasteiger partial charge in [-0.1, -0.05) is 0 Å². The highest BCUT2D eigenvalue weighted by molar-refractivity contribution is 7.13. The Kier molecular flexibility index (Phi) is 3.97. The molecule has 4 N–H and O–H groups in total. The molecule has 1 aliphatic rings. The molecule has 7 nitrogen and oxygen atoms in total. The van der Waals surface area contributed by atoms with Crippen LogP contribution >= 0.6 is 11.3 Å². The normalized spacial score (nSPS) is 18.0. The summed E-state index contributed by atoms with van der Waals surface area (Å²) in [4.78, 5) is 5.35. The van der Waals surface area contributed by atoms with E-state index < -0.39 is 18.0 Å². The third-order valence-corrected chi connectivity index (χ3v) is 4.08. The first kappa shape index (κ1) is 16.3. The number of alkyl halides is 3. The van der Waals surface area contributed by atoms with Gasteiger partial charge in [0, 0.05) is 17.6 Å². The Bertz CT molecular complexity index is 764. The second-order valence-corrected chi connectivity index (χ2v) is 5.69. The fourth-order valence-electron chi connectivity index (χ4n) is 2.24. The van der Waals surface area contributed by atoms with E-state index in [9.17, 15) is 13.2 Å². The number of hydrogen-bond donors (Lipinski definition) is 2. The molecule has 0 saturated carbocycles. The van der Waals surface area contributed by atoms with Gasteiger partial charge in [0.1, 0.15) is 5.75 Å². The van der Waals surface area contributed by atoms with E-state index in [1.54, 1.807) is 11.6 Å². The average Bonchev–Trinajstić information content (AvgIpc) is 3.14. The molecule has 24 heavy (non-hydrogen) atoms. The molecular formula is C13H13F3N6OS. The van der Waals surface area contributed by atoms with Crippen LogP contribution in [0.1, 0.15) is 5.56 Å². The summed E-state index contributed by atoms with van der Waals surface area (Å²) in [5, 5.41) is 7.62. The largest absolute Gasteiger partial charge is 0.497 e. The lowest BCUT2D eigenvalue weighted by atomic mass is 10.1. The highest BCUT2D eigenvalue weighted by Crippen LogP contribution is 2.36. The molecule has 0 aliphatic carbocycles. The quantitative estimate of drug-likeness (QED) is 0.871. The van der Waals surface area contributed by atoms with Crippen LogP contribution in [0, 0.1) is 0 Å². The number of anilines is 2. The fraction of sp³-hybridized carbons (Fsp3) is 0.231. The van der Waals surface area contributed by atoms with Crippen LogP contribution in [0.25, 0.3) is 0 Å². The van der Waals surface area contributed by atoms with Crippen LogP contribution in [0.15, 0.2) is 34.9 Å². The summed E-state index contributed by atoms with van der Waals surface area (Å²) < 4.78 is 44.2. The molecule has 0 bridgehead atoms. The zero-order valence-corrected chi connectivity index (χ0v) is 13.2. The van der Waals surface area contributed by atoms with Crippen molar-refractivity contribution in [2.45, 2.75) is 12.5 Å². The fourth-order valence-corrected chi connectivity index (χ4v) is 2.86. The predicted molar refractivity (Wildman–Crippen MR) is 84.7 cm³/mol. The minimum absolute atomic E-state index is 0.0347. The molecule has 1 unspecified atom stereocenters. The molecule has 128 valence electrons. The van der Waals surface area contributed by atoms with Gasteiger partial charge in [0.25, 0.3) is 0 Å². The molecule has 0 radical (unpaired) electrons. The molecule has 2 aromatic rings. The Morgan fingerprint density at radius 3 is 2.62 bits per heavy atom. The summed E-state index contributed by atoms with van der Waals surface area (Å²) in [5.41, 5.74) is 11.2. The monoisotopic (exact) mass is 358 g/mol. The van der Waals surface area contributed by atoms with Crippen molar-refractivity contribution in [3.05, 3.63) is 35.3 Å². The second kappa shape index (κ2) is 5.83. The summed E-state index contributed by atoms with van der Waals surface area (Å²) in [7, 11) is 1.28. The third-order valence-electron chi connectivity index (χ3n) is 3.32. The van der Waals surface area contributed by atoms with Crippen molar-refractivity contribution in [1.29, 1.82) is 0 Å². The number of guanidine groups is 1. The number of ether oxygens (including phenoxy) is 1. The number of methoxy groups -OCH3 is 1. The lowest BCUT2D eigenvalue weighted by molar-refractivity contribution is -0.137. The third kappa shape index (κ3) is 2.83.